The molecule has 1 aromatic heterocycles. The Morgan fingerprint density at radius 2 is 1.71 bits per heavy atom. The number of ether oxygens (including phenoxy) is 1. The van der Waals surface area contributed by atoms with E-state index in [-0.39, 0.29) is 10.8 Å². The van der Waals surface area contributed by atoms with Crippen molar-refractivity contribution in [3.8, 4) is 11.3 Å². The van der Waals surface area contributed by atoms with Crippen LogP contribution in [0.25, 0.3) is 22.2 Å². The van der Waals surface area contributed by atoms with Gasteiger partial charge >= 0.3 is 0 Å². The molecule has 4 heterocycles. The number of benzene rings is 2. The van der Waals surface area contributed by atoms with E-state index in [1.165, 1.54) is 4.31 Å². The minimum Gasteiger partial charge on any atom is -0.378 e. The molecule has 2 aromatic carbocycles. The summed E-state index contributed by atoms with van der Waals surface area (Å²) >= 11 is 0. The Labute approximate surface area is 205 Å². The van der Waals surface area contributed by atoms with Crippen molar-refractivity contribution in [1.82, 2.24) is 14.2 Å². The second-order valence-electron chi connectivity index (χ2n) is 9.50. The summed E-state index contributed by atoms with van der Waals surface area (Å²) in [7, 11) is -3.81. The number of fused-ring (bicyclic) bond motifs is 1. The number of amides is 1. The number of sulfonamides is 1. The molecule has 8 nitrogen and oxygen atoms in total. The molecule has 0 saturated carbocycles. The third-order valence-corrected chi connectivity index (χ3v) is 9.32. The largest absolute Gasteiger partial charge is 0.378 e. The molecule has 0 spiro atoms. The zero-order valence-electron chi connectivity index (χ0n) is 19.7. The van der Waals surface area contributed by atoms with Crippen LogP contribution >= 0.6 is 0 Å². The second-order valence-corrected chi connectivity index (χ2v) is 11.4. The number of para-hydroxylation sites is 1. The summed E-state index contributed by atoms with van der Waals surface area (Å²) in [5, 5.41) is 1.09. The van der Waals surface area contributed by atoms with E-state index >= 15 is 0 Å². The fraction of sp³-hybridized carbons (Fsp3) is 0.423. The van der Waals surface area contributed by atoms with Gasteiger partial charge in [-0.25, -0.2) is 8.42 Å². The van der Waals surface area contributed by atoms with E-state index < -0.39 is 16.1 Å². The zero-order valence-corrected chi connectivity index (χ0v) is 20.5. The van der Waals surface area contributed by atoms with E-state index in [1.54, 1.807) is 17.0 Å². The first-order valence-corrected chi connectivity index (χ1v) is 13.8. The number of rotatable bonds is 5. The lowest BCUT2D eigenvalue weighted by molar-refractivity contribution is -0.142. The highest BCUT2D eigenvalue weighted by molar-refractivity contribution is 7.89. The first-order valence-electron chi connectivity index (χ1n) is 12.4. The Kier molecular flexibility index (Phi) is 5.78. The van der Waals surface area contributed by atoms with E-state index in [0.29, 0.717) is 39.3 Å². The number of hydrogen-bond donors (Lipinski definition) is 1. The Morgan fingerprint density at radius 1 is 0.943 bits per heavy atom. The Bertz CT molecular complexity index is 1320. The average molecular weight is 495 g/mol. The highest BCUT2D eigenvalue weighted by Crippen LogP contribution is 2.38. The molecule has 9 heteroatoms. The number of anilines is 1. The molecular formula is C26H30N4O4S. The molecule has 3 aromatic rings. The van der Waals surface area contributed by atoms with Gasteiger partial charge in [0.25, 0.3) is 0 Å². The molecule has 1 N–H and O–H groups in total. The minimum absolute atomic E-state index is 0.118. The lowest BCUT2D eigenvalue weighted by Crippen LogP contribution is -2.60. The molecule has 3 aliphatic rings. The lowest BCUT2D eigenvalue weighted by Gasteiger charge is -2.41. The molecule has 0 radical (unpaired) electrons. The lowest BCUT2D eigenvalue weighted by atomic mass is 10.1. The van der Waals surface area contributed by atoms with Crippen LogP contribution in [-0.4, -0.2) is 80.5 Å². The molecule has 3 aliphatic heterocycles. The molecule has 6 rings (SSSR count). The smallest absolute Gasteiger partial charge is 0.243 e. The van der Waals surface area contributed by atoms with Crippen molar-refractivity contribution in [2.24, 2.45) is 0 Å². The van der Waals surface area contributed by atoms with Crippen LogP contribution in [0.15, 0.2) is 53.4 Å². The van der Waals surface area contributed by atoms with Gasteiger partial charge in [-0.1, -0.05) is 18.2 Å². The summed E-state index contributed by atoms with van der Waals surface area (Å²) < 4.78 is 34.1. The predicted octanol–water partition coefficient (Wildman–Crippen LogP) is 3.06. The number of carbonyl (C=O) groups is 1. The SMILES string of the molecule is O=C([C@H]1CCN1S(=O)(=O)c1ccc(N2CCCC2)c(-c2cc3ccccc3[nH]2)c1)N1CCOCC1. The number of nitrogens with one attached hydrogen (secondary N) is 1. The van der Waals surface area contributed by atoms with Crippen LogP contribution in [0.5, 0.6) is 0 Å². The van der Waals surface area contributed by atoms with Gasteiger partial charge in [-0.2, -0.15) is 4.31 Å². The van der Waals surface area contributed by atoms with Crippen molar-refractivity contribution in [2.45, 2.75) is 30.2 Å². The second kappa shape index (κ2) is 8.96. The maximum Gasteiger partial charge on any atom is 0.243 e. The minimum atomic E-state index is -3.81. The Balaban J connectivity index is 1.36. The number of H-pyrrole nitrogens is 1. The van der Waals surface area contributed by atoms with Gasteiger partial charge in [0.05, 0.1) is 18.1 Å². The van der Waals surface area contributed by atoms with E-state index in [0.717, 1.165) is 53.8 Å². The Hall–Kier alpha value is -2.88. The predicted molar refractivity (Wildman–Crippen MR) is 135 cm³/mol. The van der Waals surface area contributed by atoms with Gasteiger partial charge in [-0.3, -0.25) is 4.79 Å². The number of aromatic nitrogens is 1. The summed E-state index contributed by atoms with van der Waals surface area (Å²) in [4.78, 5) is 20.8. The van der Waals surface area contributed by atoms with Crippen molar-refractivity contribution >= 4 is 32.5 Å². The number of morpholine rings is 1. The first kappa shape index (κ1) is 22.6. The van der Waals surface area contributed by atoms with Gasteiger partial charge < -0.3 is 19.5 Å². The molecule has 184 valence electrons. The number of aromatic amines is 1. The van der Waals surface area contributed by atoms with E-state index in [2.05, 4.69) is 16.0 Å². The fourth-order valence-corrected chi connectivity index (χ4v) is 7.03. The van der Waals surface area contributed by atoms with Crippen LogP contribution in [0.3, 0.4) is 0 Å². The highest BCUT2D eigenvalue weighted by Gasteiger charge is 2.44. The van der Waals surface area contributed by atoms with Crippen LogP contribution in [0.1, 0.15) is 19.3 Å². The van der Waals surface area contributed by atoms with E-state index in [9.17, 15) is 13.2 Å². The monoisotopic (exact) mass is 494 g/mol. The summed E-state index contributed by atoms with van der Waals surface area (Å²) in [6.07, 6.45) is 2.81. The Morgan fingerprint density at radius 3 is 2.43 bits per heavy atom. The molecule has 0 aliphatic carbocycles. The van der Waals surface area contributed by atoms with Gasteiger partial charge in [0, 0.05) is 60.6 Å². The summed E-state index contributed by atoms with van der Waals surface area (Å²) in [6.45, 7) is 4.30. The van der Waals surface area contributed by atoms with E-state index in [4.69, 9.17) is 4.74 Å². The molecular weight excluding hydrogens is 464 g/mol. The molecule has 0 bridgehead atoms. The average Bonchev–Trinajstić information content (AvgIpc) is 3.53. The number of hydrogen-bond acceptors (Lipinski definition) is 5. The third-order valence-electron chi connectivity index (χ3n) is 7.42. The number of carbonyl (C=O) groups excluding carboxylic acids is 1. The molecule has 0 unspecified atom stereocenters. The molecule has 1 atom stereocenters. The van der Waals surface area contributed by atoms with Crippen LogP contribution in [0.2, 0.25) is 0 Å². The topological polar surface area (TPSA) is 86.0 Å². The van der Waals surface area contributed by atoms with Gasteiger partial charge in [0.2, 0.25) is 15.9 Å². The summed E-state index contributed by atoms with van der Waals surface area (Å²) in [6, 6.07) is 14.9. The van der Waals surface area contributed by atoms with Crippen molar-refractivity contribution in [1.29, 1.82) is 0 Å². The van der Waals surface area contributed by atoms with Crippen LogP contribution < -0.4 is 4.90 Å². The highest BCUT2D eigenvalue weighted by atomic mass is 32.2. The molecule has 35 heavy (non-hydrogen) atoms. The maximum atomic E-state index is 13.7. The molecule has 1 amide bonds. The van der Waals surface area contributed by atoms with E-state index in [1.807, 2.05) is 30.3 Å². The van der Waals surface area contributed by atoms with Crippen molar-refractivity contribution in [2.75, 3.05) is 50.8 Å². The fourth-order valence-electron chi connectivity index (χ4n) is 5.37. The van der Waals surface area contributed by atoms with Gasteiger partial charge in [-0.05, 0) is 49.6 Å². The van der Waals surface area contributed by atoms with Crippen molar-refractivity contribution in [3.63, 3.8) is 0 Å². The molecule has 3 saturated heterocycles. The van der Waals surface area contributed by atoms with Crippen molar-refractivity contribution in [3.05, 3.63) is 48.5 Å². The number of nitrogens with zero attached hydrogens (tertiary/aromatic N) is 3. The standard InChI is InChI=1S/C26H30N4O4S/c31-26(29-13-15-34-16-14-29)25-9-12-30(25)35(32,33)20-7-8-24(28-10-3-4-11-28)21(18-20)23-17-19-5-1-2-6-22(19)27-23/h1-2,5-8,17-18,25,27H,3-4,9-16H2/t25-/m1/s1. The van der Waals surface area contributed by atoms with Crippen LogP contribution in [0, 0.1) is 0 Å². The normalized spacial score (nSPS) is 21.4. The summed E-state index contributed by atoms with van der Waals surface area (Å²) in [5.74, 6) is -0.118. The molecule has 3 fully saturated rings. The van der Waals surface area contributed by atoms with Gasteiger partial charge in [0.15, 0.2) is 0 Å². The third kappa shape index (κ3) is 4.01. The van der Waals surface area contributed by atoms with Crippen LogP contribution in [-0.2, 0) is 19.6 Å². The van der Waals surface area contributed by atoms with Crippen LogP contribution in [0.4, 0.5) is 5.69 Å². The maximum absolute atomic E-state index is 13.7. The summed E-state index contributed by atoms with van der Waals surface area (Å²) in [5.41, 5.74) is 3.83. The van der Waals surface area contributed by atoms with Gasteiger partial charge in [-0.15, -0.1) is 0 Å². The van der Waals surface area contributed by atoms with Crippen molar-refractivity contribution < 1.29 is 17.9 Å². The first-order chi connectivity index (χ1) is 17.0. The quantitative estimate of drug-likeness (QED) is 0.589. The zero-order chi connectivity index (χ0) is 24.0. The van der Waals surface area contributed by atoms with Gasteiger partial charge in [0.1, 0.15) is 6.04 Å².